The summed E-state index contributed by atoms with van der Waals surface area (Å²) in [7, 11) is 0. The number of hydrogen-bond acceptors (Lipinski definition) is 3. The van der Waals surface area contributed by atoms with E-state index in [1.807, 2.05) is 6.92 Å². The molecule has 2 aliphatic rings. The summed E-state index contributed by atoms with van der Waals surface area (Å²) >= 11 is 0. The van der Waals surface area contributed by atoms with E-state index in [2.05, 4.69) is 5.32 Å². The molecule has 2 rings (SSSR count). The van der Waals surface area contributed by atoms with E-state index < -0.39 is 5.60 Å². The van der Waals surface area contributed by atoms with Crippen molar-refractivity contribution in [3.8, 4) is 0 Å². The summed E-state index contributed by atoms with van der Waals surface area (Å²) in [5.41, 5.74) is -0.615. The van der Waals surface area contributed by atoms with Gasteiger partial charge in [-0.2, -0.15) is 0 Å². The van der Waals surface area contributed by atoms with E-state index in [9.17, 15) is 5.11 Å². The molecule has 0 spiro atoms. The fourth-order valence-electron chi connectivity index (χ4n) is 1.94. The van der Waals surface area contributed by atoms with Crippen LogP contribution >= 0.6 is 0 Å². The molecule has 0 aromatic heterocycles. The molecule has 0 radical (unpaired) electrons. The molecule has 0 aromatic carbocycles. The zero-order valence-electron chi connectivity index (χ0n) is 8.25. The van der Waals surface area contributed by atoms with Crippen LogP contribution in [0.2, 0.25) is 0 Å². The molecular formula is C10H19NO2. The highest BCUT2D eigenvalue weighted by atomic mass is 16.5. The second-order valence-electron chi connectivity index (χ2n) is 4.38. The summed E-state index contributed by atoms with van der Waals surface area (Å²) in [6.07, 6.45) is 4.63. The first-order valence-electron chi connectivity index (χ1n) is 5.28. The smallest absolute Gasteiger partial charge is 0.105 e. The van der Waals surface area contributed by atoms with Gasteiger partial charge in [0.25, 0.3) is 0 Å². The predicted octanol–water partition coefficient (Wildman–Crippen LogP) is 0.668. The minimum atomic E-state index is -0.615. The van der Waals surface area contributed by atoms with Crippen molar-refractivity contribution in [3.05, 3.63) is 0 Å². The van der Waals surface area contributed by atoms with Gasteiger partial charge in [0.1, 0.15) is 5.60 Å². The second-order valence-corrected chi connectivity index (χ2v) is 4.38. The van der Waals surface area contributed by atoms with Crippen LogP contribution in [0.4, 0.5) is 0 Å². The molecule has 1 saturated carbocycles. The Hall–Kier alpha value is -0.120. The zero-order valence-corrected chi connectivity index (χ0v) is 8.25. The Morgan fingerprint density at radius 3 is 2.77 bits per heavy atom. The van der Waals surface area contributed by atoms with Gasteiger partial charge in [-0.05, 0) is 19.8 Å². The van der Waals surface area contributed by atoms with E-state index in [4.69, 9.17) is 4.74 Å². The van der Waals surface area contributed by atoms with Gasteiger partial charge in [0.2, 0.25) is 0 Å². The second kappa shape index (κ2) is 3.56. The Bertz CT molecular complexity index is 182. The standard InChI is InChI=1S/C10H19NO2/c1-8-10(12,5-6-13-8)7-11-9-3-2-4-9/h8-9,11-12H,2-7H2,1H3. The molecule has 3 heteroatoms. The number of aliphatic hydroxyl groups is 1. The van der Waals surface area contributed by atoms with Crippen molar-refractivity contribution < 1.29 is 9.84 Å². The number of rotatable bonds is 3. The lowest BCUT2D eigenvalue weighted by atomic mass is 9.90. The van der Waals surface area contributed by atoms with Crippen LogP contribution < -0.4 is 5.32 Å². The Labute approximate surface area is 79.5 Å². The van der Waals surface area contributed by atoms with Crippen LogP contribution in [0.5, 0.6) is 0 Å². The quantitative estimate of drug-likeness (QED) is 0.679. The highest BCUT2D eigenvalue weighted by Crippen LogP contribution is 2.26. The van der Waals surface area contributed by atoms with Crippen molar-refractivity contribution >= 4 is 0 Å². The van der Waals surface area contributed by atoms with E-state index in [0.717, 1.165) is 6.42 Å². The minimum Gasteiger partial charge on any atom is -0.386 e. The van der Waals surface area contributed by atoms with Crippen molar-refractivity contribution in [2.45, 2.75) is 50.4 Å². The Morgan fingerprint density at radius 2 is 2.31 bits per heavy atom. The van der Waals surface area contributed by atoms with Crippen LogP contribution in [0.1, 0.15) is 32.6 Å². The topological polar surface area (TPSA) is 41.5 Å². The van der Waals surface area contributed by atoms with Crippen LogP contribution in [-0.4, -0.2) is 36.0 Å². The largest absolute Gasteiger partial charge is 0.386 e. The third-order valence-corrected chi connectivity index (χ3v) is 3.46. The molecule has 3 nitrogen and oxygen atoms in total. The van der Waals surface area contributed by atoms with E-state index in [-0.39, 0.29) is 6.10 Å². The molecule has 76 valence electrons. The third kappa shape index (κ3) is 1.87. The molecule has 0 aromatic rings. The first-order chi connectivity index (χ1) is 6.21. The minimum absolute atomic E-state index is 0.0138. The maximum atomic E-state index is 10.1. The number of hydrogen-bond donors (Lipinski definition) is 2. The normalized spacial score (nSPS) is 40.6. The Morgan fingerprint density at radius 1 is 1.54 bits per heavy atom. The van der Waals surface area contributed by atoms with Crippen LogP contribution in [0.25, 0.3) is 0 Å². The van der Waals surface area contributed by atoms with Gasteiger partial charge in [-0.25, -0.2) is 0 Å². The highest BCUT2D eigenvalue weighted by molar-refractivity contribution is 4.93. The predicted molar refractivity (Wildman–Crippen MR) is 50.6 cm³/mol. The summed E-state index contributed by atoms with van der Waals surface area (Å²) < 4.78 is 5.36. The van der Waals surface area contributed by atoms with Crippen LogP contribution in [0, 0.1) is 0 Å². The van der Waals surface area contributed by atoms with Gasteiger partial charge in [-0.3, -0.25) is 0 Å². The van der Waals surface area contributed by atoms with Crippen molar-refractivity contribution in [3.63, 3.8) is 0 Å². The molecule has 2 fully saturated rings. The lowest BCUT2D eigenvalue weighted by molar-refractivity contribution is -0.0290. The van der Waals surface area contributed by atoms with Gasteiger partial charge < -0.3 is 15.2 Å². The molecule has 0 amide bonds. The number of ether oxygens (including phenoxy) is 1. The molecule has 1 heterocycles. The monoisotopic (exact) mass is 185 g/mol. The van der Waals surface area contributed by atoms with Crippen molar-refractivity contribution in [1.82, 2.24) is 5.32 Å². The van der Waals surface area contributed by atoms with Gasteiger partial charge >= 0.3 is 0 Å². The summed E-state index contributed by atoms with van der Waals surface area (Å²) in [5, 5.41) is 13.5. The molecule has 2 unspecified atom stereocenters. The molecule has 2 N–H and O–H groups in total. The fraction of sp³-hybridized carbons (Fsp3) is 1.00. The molecule has 1 aliphatic heterocycles. The van der Waals surface area contributed by atoms with Crippen LogP contribution in [0.3, 0.4) is 0 Å². The average Bonchev–Trinajstić information content (AvgIpc) is 2.30. The highest BCUT2D eigenvalue weighted by Gasteiger charge is 2.39. The summed E-state index contributed by atoms with van der Waals surface area (Å²) in [4.78, 5) is 0. The number of nitrogens with one attached hydrogen (secondary N) is 1. The van der Waals surface area contributed by atoms with Gasteiger partial charge in [-0.1, -0.05) is 6.42 Å². The van der Waals surface area contributed by atoms with E-state index in [1.165, 1.54) is 19.3 Å². The fourth-order valence-corrected chi connectivity index (χ4v) is 1.94. The molecule has 1 aliphatic carbocycles. The van der Waals surface area contributed by atoms with Gasteiger partial charge in [0.15, 0.2) is 0 Å². The maximum absolute atomic E-state index is 10.1. The average molecular weight is 185 g/mol. The molecule has 2 atom stereocenters. The summed E-state index contributed by atoms with van der Waals surface area (Å²) in [5.74, 6) is 0. The lowest BCUT2D eigenvalue weighted by Crippen LogP contribution is -2.50. The van der Waals surface area contributed by atoms with Crippen LogP contribution in [0.15, 0.2) is 0 Å². The van der Waals surface area contributed by atoms with E-state index in [1.54, 1.807) is 0 Å². The van der Waals surface area contributed by atoms with E-state index in [0.29, 0.717) is 19.2 Å². The van der Waals surface area contributed by atoms with Crippen molar-refractivity contribution in [1.29, 1.82) is 0 Å². The molecule has 13 heavy (non-hydrogen) atoms. The Balaban J connectivity index is 1.78. The Kier molecular flexibility index (Phi) is 2.58. The molecular weight excluding hydrogens is 166 g/mol. The van der Waals surface area contributed by atoms with Crippen molar-refractivity contribution in [2.24, 2.45) is 0 Å². The molecule has 0 bridgehead atoms. The summed E-state index contributed by atoms with van der Waals surface area (Å²) in [6.45, 7) is 3.35. The first kappa shape index (κ1) is 9.44. The molecule has 1 saturated heterocycles. The SMILES string of the molecule is CC1OCCC1(O)CNC1CCC1. The van der Waals surface area contributed by atoms with Gasteiger partial charge in [-0.15, -0.1) is 0 Å². The first-order valence-corrected chi connectivity index (χ1v) is 5.28. The summed E-state index contributed by atoms with van der Waals surface area (Å²) in [6, 6.07) is 0.650. The lowest BCUT2D eigenvalue weighted by Gasteiger charge is -2.32. The zero-order chi connectivity index (χ0) is 9.31. The van der Waals surface area contributed by atoms with Gasteiger partial charge in [0, 0.05) is 25.6 Å². The van der Waals surface area contributed by atoms with E-state index >= 15 is 0 Å². The van der Waals surface area contributed by atoms with Crippen molar-refractivity contribution in [2.75, 3.05) is 13.2 Å². The van der Waals surface area contributed by atoms with Crippen LogP contribution in [-0.2, 0) is 4.74 Å². The van der Waals surface area contributed by atoms with Gasteiger partial charge in [0.05, 0.1) is 6.10 Å². The third-order valence-electron chi connectivity index (χ3n) is 3.46. The maximum Gasteiger partial charge on any atom is 0.105 e.